The molecule has 4 heteroatoms. The van der Waals surface area contributed by atoms with Crippen LogP contribution in [-0.2, 0) is 6.54 Å². The number of hydrogen-bond donors (Lipinski definition) is 2. The van der Waals surface area contributed by atoms with E-state index in [9.17, 15) is 0 Å². The van der Waals surface area contributed by atoms with Gasteiger partial charge >= 0.3 is 0 Å². The lowest BCUT2D eigenvalue weighted by Crippen LogP contribution is -3.15. The molecule has 106 valence electrons. The maximum atomic E-state index is 5.33. The smallest absolute Gasteiger partial charge is 0.127 e. The molecule has 1 saturated heterocycles. The predicted octanol–water partition coefficient (Wildman–Crippen LogP) is -0.993. The van der Waals surface area contributed by atoms with Crippen molar-refractivity contribution in [2.45, 2.75) is 13.0 Å². The zero-order chi connectivity index (χ0) is 13.7. The van der Waals surface area contributed by atoms with E-state index in [2.05, 4.69) is 19.2 Å². The zero-order valence-electron chi connectivity index (χ0n) is 12.3. The lowest BCUT2D eigenvalue weighted by Gasteiger charge is -2.17. The Morgan fingerprint density at radius 2 is 1.63 bits per heavy atom. The van der Waals surface area contributed by atoms with Crippen LogP contribution in [0.1, 0.15) is 12.0 Å². The Labute approximate surface area is 115 Å². The molecule has 0 aromatic heterocycles. The molecule has 0 aliphatic carbocycles. The van der Waals surface area contributed by atoms with Crippen LogP contribution in [0, 0.1) is 0 Å². The van der Waals surface area contributed by atoms with Gasteiger partial charge in [0.25, 0.3) is 0 Å². The summed E-state index contributed by atoms with van der Waals surface area (Å²) in [4.78, 5) is 3.31. The number of hydrogen-bond acceptors (Lipinski definition) is 2. The maximum absolute atomic E-state index is 5.33. The molecule has 0 spiro atoms. The lowest BCUT2D eigenvalue weighted by molar-refractivity contribution is -0.938. The fourth-order valence-corrected chi connectivity index (χ4v) is 2.71. The van der Waals surface area contributed by atoms with Crippen LogP contribution in [0.5, 0.6) is 11.5 Å². The van der Waals surface area contributed by atoms with E-state index >= 15 is 0 Å². The normalized spacial score (nSPS) is 23.7. The highest BCUT2D eigenvalue weighted by Crippen LogP contribution is 2.21. The van der Waals surface area contributed by atoms with Gasteiger partial charge in [0.1, 0.15) is 31.1 Å². The second-order valence-electron chi connectivity index (χ2n) is 5.46. The number of benzene rings is 1. The quantitative estimate of drug-likeness (QED) is 0.732. The molecular weight excluding hydrogens is 240 g/mol. The van der Waals surface area contributed by atoms with Gasteiger partial charge in [-0.3, -0.25) is 0 Å². The third-order valence-corrected chi connectivity index (χ3v) is 3.90. The van der Waals surface area contributed by atoms with E-state index in [1.54, 1.807) is 24.0 Å². The Balaban J connectivity index is 2.05. The highest BCUT2D eigenvalue weighted by atomic mass is 16.5. The Morgan fingerprint density at radius 1 is 0.947 bits per heavy atom. The Kier molecular flexibility index (Phi) is 5.05. The summed E-state index contributed by atoms with van der Waals surface area (Å²) in [7, 11) is 5.70. The molecule has 4 nitrogen and oxygen atoms in total. The van der Waals surface area contributed by atoms with Gasteiger partial charge in [0, 0.05) is 18.1 Å². The average Bonchev–Trinajstić information content (AvgIpc) is 2.63. The van der Waals surface area contributed by atoms with Crippen LogP contribution in [0.3, 0.4) is 0 Å². The Bertz CT molecular complexity index is 387. The van der Waals surface area contributed by atoms with Gasteiger partial charge in [-0.1, -0.05) is 0 Å². The molecule has 0 amide bonds. The second kappa shape index (κ2) is 6.78. The van der Waals surface area contributed by atoms with Crippen molar-refractivity contribution in [3.8, 4) is 11.5 Å². The molecule has 19 heavy (non-hydrogen) atoms. The van der Waals surface area contributed by atoms with Gasteiger partial charge in [0.05, 0.1) is 34.4 Å². The Morgan fingerprint density at radius 3 is 2.26 bits per heavy atom. The molecule has 2 rings (SSSR count). The first-order valence-corrected chi connectivity index (χ1v) is 7.08. The van der Waals surface area contributed by atoms with Gasteiger partial charge in [-0.2, -0.15) is 0 Å². The fraction of sp³-hybridized carbons (Fsp3) is 0.600. The summed E-state index contributed by atoms with van der Waals surface area (Å²) in [5.74, 6) is 1.76. The largest absolute Gasteiger partial charge is 0.497 e. The van der Waals surface area contributed by atoms with Crippen LogP contribution in [0.2, 0.25) is 0 Å². The molecule has 1 heterocycles. The van der Waals surface area contributed by atoms with Crippen LogP contribution in [0.4, 0.5) is 0 Å². The number of nitrogens with one attached hydrogen (secondary N) is 2. The van der Waals surface area contributed by atoms with Crippen molar-refractivity contribution in [3.63, 3.8) is 0 Å². The lowest BCUT2D eigenvalue weighted by atomic mass is 10.2. The van der Waals surface area contributed by atoms with Crippen LogP contribution in [-0.4, -0.2) is 47.4 Å². The predicted molar refractivity (Wildman–Crippen MR) is 75.2 cm³/mol. The van der Waals surface area contributed by atoms with Crippen LogP contribution in [0.25, 0.3) is 0 Å². The topological polar surface area (TPSA) is 27.3 Å². The molecule has 0 radical (unpaired) electrons. The van der Waals surface area contributed by atoms with E-state index in [4.69, 9.17) is 9.47 Å². The molecule has 1 fully saturated rings. The van der Waals surface area contributed by atoms with E-state index in [1.165, 1.54) is 38.2 Å². The van der Waals surface area contributed by atoms with E-state index < -0.39 is 0 Å². The fourth-order valence-electron chi connectivity index (χ4n) is 2.71. The van der Waals surface area contributed by atoms with Crippen LogP contribution >= 0.6 is 0 Å². The van der Waals surface area contributed by atoms with Gasteiger partial charge < -0.3 is 19.3 Å². The van der Waals surface area contributed by atoms with Crippen molar-refractivity contribution in [1.29, 1.82) is 0 Å². The number of rotatable bonds is 4. The molecule has 1 aliphatic rings. The summed E-state index contributed by atoms with van der Waals surface area (Å²) in [5, 5.41) is 0. The van der Waals surface area contributed by atoms with Gasteiger partial charge in [0.15, 0.2) is 0 Å². The third kappa shape index (κ3) is 4.11. The van der Waals surface area contributed by atoms with Crippen molar-refractivity contribution in [2.75, 3.05) is 47.4 Å². The molecule has 2 unspecified atom stereocenters. The maximum Gasteiger partial charge on any atom is 0.127 e. The highest BCUT2D eigenvalue weighted by Gasteiger charge is 2.18. The van der Waals surface area contributed by atoms with Crippen molar-refractivity contribution in [3.05, 3.63) is 23.8 Å². The molecule has 1 aromatic rings. The summed E-state index contributed by atoms with van der Waals surface area (Å²) in [5.41, 5.74) is 1.30. The number of methoxy groups -OCH3 is 2. The molecule has 1 aliphatic heterocycles. The monoisotopic (exact) mass is 266 g/mol. The van der Waals surface area contributed by atoms with Crippen molar-refractivity contribution < 1.29 is 19.3 Å². The number of ether oxygens (including phenoxy) is 2. The van der Waals surface area contributed by atoms with Crippen LogP contribution < -0.4 is 19.3 Å². The minimum Gasteiger partial charge on any atom is -0.497 e. The molecular formula is C15H26N2O2+2. The van der Waals surface area contributed by atoms with Gasteiger partial charge in [-0.15, -0.1) is 0 Å². The standard InChI is InChI=1S/C15H24N2O2/c1-16-5-4-6-17(8-7-16)12-13-9-14(18-2)11-15(10-13)19-3/h9-11H,4-8,12H2,1-3H3/p+2. The van der Waals surface area contributed by atoms with Crippen LogP contribution in [0.15, 0.2) is 18.2 Å². The average molecular weight is 266 g/mol. The first-order chi connectivity index (χ1) is 9.21. The van der Waals surface area contributed by atoms with Gasteiger partial charge in [0.2, 0.25) is 0 Å². The number of quaternary nitrogens is 2. The first-order valence-electron chi connectivity index (χ1n) is 7.08. The Hall–Kier alpha value is -1.26. The summed E-state index contributed by atoms with van der Waals surface area (Å²) in [6.07, 6.45) is 1.31. The molecule has 1 aromatic carbocycles. The van der Waals surface area contributed by atoms with E-state index in [1.807, 2.05) is 6.07 Å². The molecule has 0 saturated carbocycles. The summed E-state index contributed by atoms with van der Waals surface area (Å²) in [6, 6.07) is 6.17. The van der Waals surface area contributed by atoms with Crippen molar-refractivity contribution in [2.24, 2.45) is 0 Å². The summed E-state index contributed by atoms with van der Waals surface area (Å²) >= 11 is 0. The molecule has 2 atom stereocenters. The molecule has 0 bridgehead atoms. The highest BCUT2D eigenvalue weighted by molar-refractivity contribution is 5.38. The zero-order valence-corrected chi connectivity index (χ0v) is 12.3. The summed E-state index contributed by atoms with van der Waals surface area (Å²) in [6.45, 7) is 6.12. The van der Waals surface area contributed by atoms with Gasteiger partial charge in [-0.05, 0) is 12.1 Å². The van der Waals surface area contributed by atoms with E-state index in [0.29, 0.717) is 0 Å². The van der Waals surface area contributed by atoms with Crippen molar-refractivity contribution in [1.82, 2.24) is 0 Å². The minimum atomic E-state index is 0.881. The van der Waals surface area contributed by atoms with Gasteiger partial charge in [-0.25, -0.2) is 0 Å². The van der Waals surface area contributed by atoms with Crippen molar-refractivity contribution >= 4 is 0 Å². The summed E-state index contributed by atoms with van der Waals surface area (Å²) < 4.78 is 10.7. The number of likely N-dealkylation sites (N-methyl/N-ethyl adjacent to an activating group) is 1. The first kappa shape index (κ1) is 14.2. The van der Waals surface area contributed by atoms with E-state index in [-0.39, 0.29) is 0 Å². The minimum absolute atomic E-state index is 0.881. The third-order valence-electron chi connectivity index (χ3n) is 3.90. The molecule has 2 N–H and O–H groups in total. The SMILES string of the molecule is COc1cc(C[NH+]2CCC[NH+](C)CC2)cc(OC)c1. The van der Waals surface area contributed by atoms with E-state index in [0.717, 1.165) is 18.0 Å². The second-order valence-corrected chi connectivity index (χ2v) is 5.46.